The molecule has 0 aliphatic carbocycles. The smallest absolute Gasteiger partial charge is 0.288 e. The molecule has 0 saturated carbocycles. The summed E-state index contributed by atoms with van der Waals surface area (Å²) < 4.78 is 39.3. The molecule has 0 amide bonds. The molecule has 0 N–H and O–H groups in total. The van der Waals surface area contributed by atoms with Crippen LogP contribution in [-0.2, 0) is 6.42 Å². The number of rotatable bonds is 4. The largest absolute Gasteiger partial charge is 0.413 e. The normalized spacial score (nSPS) is 18.9. The van der Waals surface area contributed by atoms with Gasteiger partial charge < -0.3 is 0 Å². The van der Waals surface area contributed by atoms with Gasteiger partial charge in [-0.2, -0.15) is 13.2 Å². The Morgan fingerprint density at radius 2 is 1.52 bits per heavy atom. The molecule has 1 atom stereocenters. The zero-order valence-electron chi connectivity index (χ0n) is 12.6. The fraction of sp³-hybridized carbons (Fsp3) is 0.263. The van der Waals surface area contributed by atoms with Crippen LogP contribution >= 0.6 is 0 Å². The molecule has 1 heterocycles. The van der Waals surface area contributed by atoms with Crippen LogP contribution in [0.3, 0.4) is 0 Å². The highest BCUT2D eigenvalue weighted by atomic mass is 19.4. The first kappa shape index (κ1) is 15.8. The van der Waals surface area contributed by atoms with Gasteiger partial charge >= 0.3 is 6.18 Å². The molecular formula is C19H18F3N. The molecule has 23 heavy (non-hydrogen) atoms. The fourth-order valence-electron chi connectivity index (χ4n) is 2.94. The monoisotopic (exact) mass is 317 g/mol. The second-order valence-electron chi connectivity index (χ2n) is 5.75. The Morgan fingerprint density at radius 1 is 0.913 bits per heavy atom. The minimum Gasteiger partial charge on any atom is -0.288 e. The first-order chi connectivity index (χ1) is 11.0. The average molecular weight is 317 g/mol. The van der Waals surface area contributed by atoms with Crippen molar-refractivity contribution in [1.29, 1.82) is 0 Å². The van der Waals surface area contributed by atoms with E-state index in [2.05, 4.69) is 0 Å². The van der Waals surface area contributed by atoms with E-state index < -0.39 is 11.7 Å². The average Bonchev–Trinajstić information content (AvgIpc) is 2.99. The summed E-state index contributed by atoms with van der Waals surface area (Å²) in [4.78, 5) is 1.89. The molecule has 1 aliphatic rings. The van der Waals surface area contributed by atoms with Crippen LogP contribution in [-0.4, -0.2) is 24.2 Å². The number of alkyl halides is 3. The molecule has 0 aromatic heterocycles. The summed E-state index contributed by atoms with van der Waals surface area (Å²) in [7, 11) is 0. The van der Waals surface area contributed by atoms with Crippen LogP contribution in [0.4, 0.5) is 13.2 Å². The summed E-state index contributed by atoms with van der Waals surface area (Å²) in [6.45, 7) is 0.551. The maximum absolute atomic E-state index is 13.1. The predicted molar refractivity (Wildman–Crippen MR) is 85.0 cm³/mol. The van der Waals surface area contributed by atoms with E-state index in [0.29, 0.717) is 6.54 Å². The first-order valence-corrected chi connectivity index (χ1v) is 7.65. The van der Waals surface area contributed by atoms with Crippen molar-refractivity contribution >= 4 is 0 Å². The van der Waals surface area contributed by atoms with Gasteiger partial charge in [-0.15, -0.1) is 0 Å². The Hall–Kier alpha value is -2.07. The van der Waals surface area contributed by atoms with Gasteiger partial charge in [0.1, 0.15) is 0 Å². The van der Waals surface area contributed by atoms with Gasteiger partial charge in [0.15, 0.2) is 0 Å². The summed E-state index contributed by atoms with van der Waals surface area (Å²) in [5.74, 6) is 0. The van der Waals surface area contributed by atoms with E-state index in [1.807, 2.05) is 65.6 Å². The number of hydrogen-bond acceptors (Lipinski definition) is 1. The van der Waals surface area contributed by atoms with E-state index in [1.165, 1.54) is 6.08 Å². The lowest BCUT2D eigenvalue weighted by Crippen LogP contribution is -2.28. The van der Waals surface area contributed by atoms with Crippen LogP contribution in [0.1, 0.15) is 17.2 Å². The van der Waals surface area contributed by atoms with E-state index in [0.717, 1.165) is 17.5 Å². The quantitative estimate of drug-likeness (QED) is 0.734. The summed E-state index contributed by atoms with van der Waals surface area (Å²) in [5.41, 5.74) is 1.60. The third kappa shape index (κ3) is 3.82. The first-order valence-electron chi connectivity index (χ1n) is 7.65. The number of benzene rings is 2. The minimum atomic E-state index is -4.26. The van der Waals surface area contributed by atoms with E-state index >= 15 is 0 Å². The number of hydrogen-bond donors (Lipinski definition) is 0. The van der Waals surface area contributed by atoms with Gasteiger partial charge in [-0.25, -0.2) is 0 Å². The molecule has 0 bridgehead atoms. The SMILES string of the molecule is FC(F)(F)C1=CC(c2ccccc2)N(CCc2ccccc2)C1. The van der Waals surface area contributed by atoms with Gasteiger partial charge in [0.2, 0.25) is 0 Å². The van der Waals surface area contributed by atoms with E-state index in [1.54, 1.807) is 0 Å². The second-order valence-corrected chi connectivity index (χ2v) is 5.75. The topological polar surface area (TPSA) is 3.24 Å². The maximum atomic E-state index is 13.1. The van der Waals surface area contributed by atoms with Crippen LogP contribution in [0.2, 0.25) is 0 Å². The lowest BCUT2D eigenvalue weighted by atomic mass is 10.1. The van der Waals surface area contributed by atoms with Gasteiger partial charge in [0.05, 0.1) is 6.04 Å². The van der Waals surface area contributed by atoms with Crippen molar-refractivity contribution in [3.8, 4) is 0 Å². The van der Waals surface area contributed by atoms with Gasteiger partial charge in [0, 0.05) is 18.7 Å². The Labute approximate surface area is 134 Å². The summed E-state index contributed by atoms with van der Waals surface area (Å²) in [5, 5.41) is 0. The summed E-state index contributed by atoms with van der Waals surface area (Å²) >= 11 is 0. The predicted octanol–water partition coefficient (Wildman–Crippen LogP) is 4.77. The molecule has 1 unspecified atom stereocenters. The molecule has 4 heteroatoms. The second kappa shape index (κ2) is 6.59. The van der Waals surface area contributed by atoms with Gasteiger partial charge in [-0.1, -0.05) is 66.7 Å². The van der Waals surface area contributed by atoms with Gasteiger partial charge in [-0.05, 0) is 17.5 Å². The summed E-state index contributed by atoms with van der Waals surface area (Å²) in [6.07, 6.45) is -2.15. The molecule has 0 radical (unpaired) electrons. The summed E-state index contributed by atoms with van der Waals surface area (Å²) in [6, 6.07) is 18.9. The van der Waals surface area contributed by atoms with Gasteiger partial charge in [-0.3, -0.25) is 4.90 Å². The van der Waals surface area contributed by atoms with Crippen molar-refractivity contribution in [2.75, 3.05) is 13.1 Å². The molecule has 1 aliphatic heterocycles. The van der Waals surface area contributed by atoms with E-state index in [9.17, 15) is 13.2 Å². The Kier molecular flexibility index (Phi) is 4.53. The van der Waals surface area contributed by atoms with E-state index in [-0.39, 0.29) is 12.6 Å². The van der Waals surface area contributed by atoms with Gasteiger partial charge in [0.25, 0.3) is 0 Å². The van der Waals surface area contributed by atoms with Crippen molar-refractivity contribution in [3.63, 3.8) is 0 Å². The van der Waals surface area contributed by atoms with Crippen molar-refractivity contribution in [1.82, 2.24) is 4.90 Å². The standard InChI is InChI=1S/C19H18F3N/c20-19(21,22)17-13-18(16-9-5-2-6-10-16)23(14-17)12-11-15-7-3-1-4-8-15/h1-10,13,18H,11-12,14H2. The molecule has 0 saturated heterocycles. The number of nitrogens with zero attached hydrogens (tertiary/aromatic N) is 1. The molecule has 120 valence electrons. The Morgan fingerprint density at radius 3 is 2.13 bits per heavy atom. The lowest BCUT2D eigenvalue weighted by Gasteiger charge is -2.25. The highest BCUT2D eigenvalue weighted by molar-refractivity contribution is 5.31. The maximum Gasteiger partial charge on any atom is 0.413 e. The highest BCUT2D eigenvalue weighted by Gasteiger charge is 2.40. The highest BCUT2D eigenvalue weighted by Crippen LogP contribution is 2.37. The Balaban J connectivity index is 1.78. The third-order valence-corrected chi connectivity index (χ3v) is 4.16. The minimum absolute atomic E-state index is 0.0457. The molecule has 3 rings (SSSR count). The van der Waals surface area contributed by atoms with Crippen molar-refractivity contribution in [3.05, 3.63) is 83.4 Å². The molecule has 1 nitrogen and oxygen atoms in total. The molecular weight excluding hydrogens is 299 g/mol. The van der Waals surface area contributed by atoms with Crippen molar-refractivity contribution < 1.29 is 13.2 Å². The number of halogens is 3. The Bertz CT molecular complexity index is 662. The molecule has 0 spiro atoms. The van der Waals surface area contributed by atoms with Crippen LogP contribution in [0.25, 0.3) is 0 Å². The van der Waals surface area contributed by atoms with Crippen LogP contribution in [0.15, 0.2) is 72.3 Å². The lowest BCUT2D eigenvalue weighted by molar-refractivity contribution is -0.0935. The molecule has 2 aromatic carbocycles. The zero-order chi connectivity index (χ0) is 16.3. The zero-order valence-corrected chi connectivity index (χ0v) is 12.6. The molecule has 2 aromatic rings. The van der Waals surface area contributed by atoms with Crippen LogP contribution in [0.5, 0.6) is 0 Å². The van der Waals surface area contributed by atoms with E-state index in [4.69, 9.17) is 0 Å². The molecule has 0 fully saturated rings. The van der Waals surface area contributed by atoms with Crippen molar-refractivity contribution in [2.45, 2.75) is 18.6 Å². The third-order valence-electron chi connectivity index (χ3n) is 4.16. The van der Waals surface area contributed by atoms with Crippen LogP contribution < -0.4 is 0 Å². The van der Waals surface area contributed by atoms with Crippen LogP contribution in [0, 0.1) is 0 Å². The fourth-order valence-corrected chi connectivity index (χ4v) is 2.94. The van der Waals surface area contributed by atoms with Crippen molar-refractivity contribution in [2.24, 2.45) is 0 Å².